The van der Waals surface area contributed by atoms with E-state index in [9.17, 15) is 39.5 Å². The van der Waals surface area contributed by atoms with Gasteiger partial charge in [0.2, 0.25) is 0 Å². The summed E-state index contributed by atoms with van der Waals surface area (Å²) in [5.41, 5.74) is -9.59. The number of hydrogen-bond acceptors (Lipinski definition) is 2. The van der Waals surface area contributed by atoms with E-state index in [-0.39, 0.29) is 3.51 Å². The van der Waals surface area contributed by atoms with Crippen molar-refractivity contribution in [2.45, 2.75) is 60.3 Å². The quantitative estimate of drug-likeness (QED) is 0.208. The van der Waals surface area contributed by atoms with E-state index < -0.39 is 72.4 Å². The molecule has 2 heterocycles. The van der Waals surface area contributed by atoms with Crippen LogP contribution in [0, 0.1) is 0 Å². The Morgan fingerprint density at radius 3 is 1.60 bits per heavy atom. The van der Waals surface area contributed by atoms with Gasteiger partial charge in [0.1, 0.15) is 0 Å². The van der Waals surface area contributed by atoms with E-state index in [1.165, 1.54) is 48.5 Å². The van der Waals surface area contributed by atoms with Crippen molar-refractivity contribution in [1.82, 2.24) is 0 Å². The predicted molar refractivity (Wildman–Crippen MR) is 132 cm³/mol. The van der Waals surface area contributed by atoms with Gasteiger partial charge in [-0.3, -0.25) is 0 Å². The van der Waals surface area contributed by atoms with Crippen LogP contribution in [0.1, 0.15) is 37.5 Å². The molecular formula is C28H24F9O2Sb. The molecule has 3 aromatic carbocycles. The van der Waals surface area contributed by atoms with E-state index >= 15 is 0 Å². The second-order valence-corrected chi connectivity index (χ2v) is 22.4. The van der Waals surface area contributed by atoms with E-state index in [0.29, 0.717) is 11.6 Å². The van der Waals surface area contributed by atoms with Crippen molar-refractivity contribution >= 4 is 25.3 Å². The SMILES string of the molecule is CC(C)(C)c1cc[c]([Sb]23([CH2]C(c4ccccc4)(C(F)(F)F)[O]2)[O]C(C(F)(F)F)(C(F)(F)F)c2cccc[c]23)cc1. The Morgan fingerprint density at radius 1 is 0.625 bits per heavy atom. The normalized spacial score (nSPS) is 24.6. The summed E-state index contributed by atoms with van der Waals surface area (Å²) in [6.07, 6.45) is -17.3. The molecule has 2 aliphatic heterocycles. The van der Waals surface area contributed by atoms with E-state index in [0.717, 1.165) is 24.3 Å². The van der Waals surface area contributed by atoms with Crippen molar-refractivity contribution in [3.8, 4) is 0 Å². The Labute approximate surface area is 226 Å². The van der Waals surface area contributed by atoms with Crippen molar-refractivity contribution in [3.05, 3.63) is 95.6 Å². The Hall–Kier alpha value is -2.23. The monoisotopic (exact) mass is 684 g/mol. The summed E-state index contributed by atoms with van der Waals surface area (Å²) in [5.74, 6) is 0. The molecule has 0 bridgehead atoms. The van der Waals surface area contributed by atoms with Crippen LogP contribution in [0.4, 0.5) is 39.5 Å². The van der Waals surface area contributed by atoms with Crippen LogP contribution in [0.5, 0.6) is 0 Å². The molecular weight excluding hydrogens is 661 g/mol. The summed E-state index contributed by atoms with van der Waals surface area (Å²) >= 11 is -6.95. The number of alkyl halides is 9. The first-order valence-electron chi connectivity index (χ1n) is 12.2. The van der Waals surface area contributed by atoms with Gasteiger partial charge in [-0.05, 0) is 0 Å². The van der Waals surface area contributed by atoms with Crippen molar-refractivity contribution in [2.24, 2.45) is 0 Å². The fourth-order valence-electron chi connectivity index (χ4n) is 5.79. The Balaban J connectivity index is 1.88. The second kappa shape index (κ2) is 8.41. The molecule has 1 fully saturated rings. The van der Waals surface area contributed by atoms with Crippen molar-refractivity contribution in [1.29, 1.82) is 0 Å². The summed E-state index contributed by atoms with van der Waals surface area (Å²) in [6.45, 7) is 5.51. The fraction of sp³-hybridized carbons (Fsp3) is 0.357. The third-order valence-corrected chi connectivity index (χ3v) is 22.2. The van der Waals surface area contributed by atoms with Crippen LogP contribution in [0.15, 0.2) is 78.9 Å². The molecule has 1 atom stereocenters. The first kappa shape index (κ1) is 29.3. The molecule has 0 radical (unpaired) electrons. The van der Waals surface area contributed by atoms with Crippen LogP contribution in [-0.2, 0) is 22.6 Å². The van der Waals surface area contributed by atoms with Crippen LogP contribution in [0.3, 0.4) is 0 Å². The average molecular weight is 685 g/mol. The number of fused-ring (bicyclic) bond motifs is 2. The van der Waals surface area contributed by atoms with Gasteiger partial charge < -0.3 is 0 Å². The summed E-state index contributed by atoms with van der Waals surface area (Å²) in [6, 6.07) is 15.4. The van der Waals surface area contributed by atoms with Gasteiger partial charge in [0, 0.05) is 0 Å². The van der Waals surface area contributed by atoms with Crippen LogP contribution in [0.2, 0.25) is 4.37 Å². The molecule has 0 N–H and O–H groups in total. The zero-order valence-corrected chi connectivity index (χ0v) is 23.9. The predicted octanol–water partition coefficient (Wildman–Crippen LogP) is 7.33. The molecule has 0 aliphatic carbocycles. The average Bonchev–Trinajstić information content (AvgIpc) is 3.13. The molecule has 1 unspecified atom stereocenters. The molecule has 2 nitrogen and oxygen atoms in total. The third kappa shape index (κ3) is 3.65. The second-order valence-electron chi connectivity index (χ2n) is 11.1. The fourth-order valence-corrected chi connectivity index (χ4v) is 22.7. The maximum atomic E-state index is 14.8. The first-order chi connectivity index (χ1) is 18.2. The van der Waals surface area contributed by atoms with Gasteiger partial charge in [0.05, 0.1) is 0 Å². The van der Waals surface area contributed by atoms with Gasteiger partial charge in [-0.1, -0.05) is 0 Å². The molecule has 216 valence electrons. The Kier molecular flexibility index (Phi) is 6.16. The van der Waals surface area contributed by atoms with Gasteiger partial charge in [-0.2, -0.15) is 0 Å². The zero-order valence-electron chi connectivity index (χ0n) is 21.4. The summed E-state index contributed by atoms with van der Waals surface area (Å²) in [5, 5.41) is 0. The van der Waals surface area contributed by atoms with Gasteiger partial charge in [0.15, 0.2) is 0 Å². The van der Waals surface area contributed by atoms with Crippen LogP contribution < -0.4 is 7.02 Å². The number of halogens is 9. The van der Waals surface area contributed by atoms with Crippen LogP contribution >= 0.6 is 0 Å². The standard InChI is InChI=1S/C10H13.C9H4F6O.C9H7F3O.Sb/c1-10(2,3)9-7-5-4-6-8-9;10-8(11,12)7(16,9(13,14)15)6-4-2-1-3-5-6;1-8(13,9(10,11)12)7-5-3-2-4-6-7;/h5-8H,1-3H3;1-4H;2-6H,1H2;/q;2*-1;+2. The Morgan fingerprint density at radius 2 is 1.12 bits per heavy atom. The first-order valence-corrected chi connectivity index (χ1v) is 18.6. The van der Waals surface area contributed by atoms with Crippen LogP contribution in [0.25, 0.3) is 0 Å². The van der Waals surface area contributed by atoms with Gasteiger partial charge >= 0.3 is 227 Å². The zero-order chi connectivity index (χ0) is 29.6. The molecule has 0 saturated carbocycles. The van der Waals surface area contributed by atoms with Gasteiger partial charge in [0.25, 0.3) is 0 Å². The number of rotatable bonds is 2. The minimum absolute atomic E-state index is 0.223. The van der Waals surface area contributed by atoms with E-state index in [1.54, 1.807) is 0 Å². The number of hydrogen-bond donors (Lipinski definition) is 0. The third-order valence-electron chi connectivity index (χ3n) is 7.71. The molecule has 40 heavy (non-hydrogen) atoms. The van der Waals surface area contributed by atoms with E-state index in [2.05, 4.69) is 0 Å². The van der Waals surface area contributed by atoms with Gasteiger partial charge in [-0.25, -0.2) is 0 Å². The molecule has 12 heteroatoms. The Bertz CT molecular complexity index is 1420. The van der Waals surface area contributed by atoms with Crippen LogP contribution in [-0.4, -0.2) is 36.8 Å². The minimum atomic E-state index is -6.95. The maximum absolute atomic E-state index is 14.8. The van der Waals surface area contributed by atoms with Gasteiger partial charge in [-0.15, -0.1) is 0 Å². The van der Waals surface area contributed by atoms with Crippen molar-refractivity contribution < 1.29 is 45.5 Å². The number of benzene rings is 3. The van der Waals surface area contributed by atoms with E-state index in [1.807, 2.05) is 20.8 Å². The summed E-state index contributed by atoms with van der Waals surface area (Å²) < 4.78 is 142. The summed E-state index contributed by atoms with van der Waals surface area (Å²) in [4.78, 5) is 0. The molecule has 2 aliphatic rings. The molecule has 0 amide bonds. The molecule has 1 saturated heterocycles. The summed E-state index contributed by atoms with van der Waals surface area (Å²) in [7, 11) is 0. The molecule has 3 aromatic rings. The molecule has 5 rings (SSSR count). The van der Waals surface area contributed by atoms with Crippen molar-refractivity contribution in [2.75, 3.05) is 0 Å². The van der Waals surface area contributed by atoms with E-state index in [4.69, 9.17) is 6.03 Å². The topological polar surface area (TPSA) is 18.5 Å². The molecule has 1 spiro atoms. The van der Waals surface area contributed by atoms with Crippen molar-refractivity contribution in [3.63, 3.8) is 0 Å². The molecule has 0 aromatic heterocycles.